The van der Waals surface area contributed by atoms with E-state index in [0.717, 1.165) is 121 Å². The highest BCUT2D eigenvalue weighted by Crippen LogP contribution is 2.38. The van der Waals surface area contributed by atoms with Crippen molar-refractivity contribution in [3.63, 3.8) is 0 Å². The summed E-state index contributed by atoms with van der Waals surface area (Å²) in [5, 5.41) is 20.6. The van der Waals surface area contributed by atoms with Crippen molar-refractivity contribution in [3.8, 4) is 103 Å². The first kappa shape index (κ1) is 88.7. The van der Waals surface area contributed by atoms with Gasteiger partial charge in [0.25, 0.3) is 11.8 Å². The summed E-state index contributed by atoms with van der Waals surface area (Å²) in [5.41, 5.74) is 16.5. The maximum atomic E-state index is 5.72. The Morgan fingerprint density at radius 3 is 1.46 bits per heavy atom. The molecule has 7 aromatic heterocycles. The number of aryl methyl sites for hydroxylation is 1. The van der Waals surface area contributed by atoms with E-state index in [1.54, 1.807) is 24.8 Å². The monoisotopic (exact) mass is 1680 g/mol. The smallest absolute Gasteiger partial charge is 0.258 e. The van der Waals surface area contributed by atoms with Crippen molar-refractivity contribution in [1.82, 2.24) is 75.4 Å². The number of aromatic nitrogens is 12. The number of rotatable bonds is 26. The molecule has 18 rings (SSSR count). The van der Waals surface area contributed by atoms with Crippen molar-refractivity contribution in [2.75, 3.05) is 91.7 Å². The Bertz CT molecular complexity index is 5620. The van der Waals surface area contributed by atoms with Crippen molar-refractivity contribution >= 4 is 5.69 Å². The topological polar surface area (TPSA) is 270 Å². The van der Waals surface area contributed by atoms with E-state index in [-0.39, 0.29) is 11.8 Å². The first-order valence-corrected chi connectivity index (χ1v) is 44.0. The molecule has 14 aromatic rings. The van der Waals surface area contributed by atoms with Crippen LogP contribution in [0.25, 0.3) is 79.8 Å². The van der Waals surface area contributed by atoms with E-state index in [4.69, 9.17) is 41.6 Å². The number of benzene rings is 7. The zero-order chi connectivity index (χ0) is 87.0. The van der Waals surface area contributed by atoms with E-state index < -0.39 is 0 Å². The van der Waals surface area contributed by atoms with Gasteiger partial charge in [-0.2, -0.15) is 24.9 Å². The number of nitrogens with zero attached hydrogens (tertiary/aromatic N) is 16. The number of pyridine rings is 2. The van der Waals surface area contributed by atoms with Gasteiger partial charge in [0.1, 0.15) is 13.2 Å². The third kappa shape index (κ3) is 24.7. The van der Waals surface area contributed by atoms with Gasteiger partial charge in [-0.1, -0.05) is 163 Å². The van der Waals surface area contributed by atoms with E-state index >= 15 is 0 Å². The maximum absolute atomic E-state index is 5.72. The van der Waals surface area contributed by atoms with Crippen LogP contribution in [0, 0.1) is 24.7 Å². The minimum atomic E-state index is 0.0763. The van der Waals surface area contributed by atoms with Crippen LogP contribution >= 0.6 is 0 Å². The molecule has 10 heterocycles. The fourth-order valence-corrected chi connectivity index (χ4v) is 15.6. The molecule has 0 spiro atoms. The summed E-state index contributed by atoms with van der Waals surface area (Å²) in [7, 11) is 6.30. The summed E-state index contributed by atoms with van der Waals surface area (Å²) in [5.74, 6) is 11.1. The molecular formula is C100H116N16O9. The number of hydrogen-bond donors (Lipinski definition) is 0. The van der Waals surface area contributed by atoms with Crippen molar-refractivity contribution < 1.29 is 41.6 Å². The SMILES string of the molecule is CC(C)Cc1ccc(C(C)c2nc(-c3ccc(CN(C)C)cc3)no2)cc1.CC(C)Cc1ccc(C(C)c2nc(-c3ccc(CN4CCCC4)cc3)no2)cc1.CCOc1ccc(-c2nc(-c3ccc(N4CCN(C)CC4)cc3C)no2)cc1OCC.c1cc(-c2noc(-c3ccc4c(c3)OCCO4)n2)ccn1.c1cc(-c2noc(CC3CCCC3)n2)ccn1. The highest BCUT2D eigenvalue weighted by atomic mass is 16.6. The van der Waals surface area contributed by atoms with Crippen LogP contribution in [0.3, 0.4) is 0 Å². The fourth-order valence-electron chi connectivity index (χ4n) is 15.6. The van der Waals surface area contributed by atoms with Gasteiger partial charge in [0.2, 0.25) is 46.8 Å². The van der Waals surface area contributed by atoms with Crippen LogP contribution in [-0.4, -0.2) is 162 Å². The Morgan fingerprint density at radius 1 is 0.432 bits per heavy atom. The average Bonchev–Trinajstić information content (AvgIpc) is 1.74. The molecule has 0 N–H and O–H groups in total. The number of piperazine rings is 1. The third-order valence-electron chi connectivity index (χ3n) is 22.4. The molecule has 1 saturated carbocycles. The summed E-state index contributed by atoms with van der Waals surface area (Å²) < 4.78 is 49.8. The Balaban J connectivity index is 0.000000129. The number of fused-ring (bicyclic) bond motifs is 1. The molecule has 25 heteroatoms. The van der Waals surface area contributed by atoms with Crippen LogP contribution in [-0.2, 0) is 32.4 Å². The van der Waals surface area contributed by atoms with Crippen molar-refractivity contribution in [1.29, 1.82) is 0 Å². The number of likely N-dealkylation sites (N-methyl/N-ethyl adjacent to an activating group) is 1. The first-order valence-electron chi connectivity index (χ1n) is 44.0. The molecule has 2 saturated heterocycles. The van der Waals surface area contributed by atoms with Crippen LogP contribution in [0.4, 0.5) is 5.69 Å². The van der Waals surface area contributed by atoms with Gasteiger partial charge in [-0.25, -0.2) is 0 Å². The standard InChI is InChI=1S/C25H31N3O.C24H30N4O3.C23H29N3O.C15H11N3O3.C13H15N3O/c1-18(2)16-20-6-10-22(11-7-20)19(3)25-26-24(27-29-25)23-12-8-21(9-13-23)17-28-14-4-5-15-28;1-5-29-21-10-7-18(16-22(21)30-6-2)24-25-23(26-31-24)20-9-8-19(15-17(20)3)28-13-11-27(4)12-14-28;1-16(2)14-18-6-10-20(11-7-18)17(3)23-24-22(25-27-23)21-12-8-19(9-13-21)15-26(4)5;1-2-12-13(20-8-7-19-12)9-11(1)15-17-14(18-21-15)10-3-5-16-6-4-10;1-2-4-10(3-1)9-12-15-13(16-17-12)11-5-7-14-8-6-11/h6-13,18-19H,4-5,14-17H2,1-3H3;7-10,15-16H,5-6,11-14H2,1-4H3;6-13,16-17H,14-15H2,1-5H3;1-6,9H,7-8H2;5-8,10H,1-4,9H2. The molecule has 3 fully saturated rings. The zero-order valence-electron chi connectivity index (χ0n) is 74.1. The number of ether oxygens (including phenoxy) is 4. The van der Waals surface area contributed by atoms with Gasteiger partial charge in [0.15, 0.2) is 23.0 Å². The molecule has 3 aliphatic heterocycles. The second-order valence-corrected chi connectivity index (χ2v) is 33.5. The van der Waals surface area contributed by atoms with E-state index in [2.05, 4.69) is 265 Å². The lowest BCUT2D eigenvalue weighted by Crippen LogP contribution is -2.44. The lowest BCUT2D eigenvalue weighted by atomic mass is 9.97. The predicted octanol–water partition coefficient (Wildman–Crippen LogP) is 20.5. The number of hydrogen-bond acceptors (Lipinski definition) is 25. The van der Waals surface area contributed by atoms with Crippen LogP contribution in [0.1, 0.15) is 162 Å². The lowest BCUT2D eigenvalue weighted by molar-refractivity contribution is 0.171. The normalized spacial score (nSPS) is 14.5. The van der Waals surface area contributed by atoms with Gasteiger partial charge < -0.3 is 56.3 Å². The van der Waals surface area contributed by atoms with E-state index in [1.807, 2.05) is 74.5 Å². The van der Waals surface area contributed by atoms with Gasteiger partial charge in [-0.3, -0.25) is 14.9 Å². The Hall–Kier alpha value is -12.6. The molecule has 2 atom stereocenters. The largest absolute Gasteiger partial charge is 0.490 e. The molecule has 0 amide bonds. The fraction of sp³-hybridized carbons (Fsp3) is 0.380. The van der Waals surface area contributed by atoms with Gasteiger partial charge in [0.05, 0.1) is 25.0 Å². The minimum Gasteiger partial charge on any atom is -0.490 e. The Labute approximate surface area is 733 Å². The summed E-state index contributed by atoms with van der Waals surface area (Å²) >= 11 is 0. The highest BCUT2D eigenvalue weighted by molar-refractivity contribution is 5.69. The molecule has 125 heavy (non-hydrogen) atoms. The lowest BCUT2D eigenvalue weighted by Gasteiger charge is -2.34. The highest BCUT2D eigenvalue weighted by Gasteiger charge is 2.25. The molecule has 1 aliphatic carbocycles. The number of likely N-dealkylation sites (tertiary alicyclic amines) is 1. The molecule has 4 aliphatic rings. The molecule has 7 aromatic carbocycles. The van der Waals surface area contributed by atoms with E-state index in [0.29, 0.717) is 108 Å². The van der Waals surface area contributed by atoms with Gasteiger partial charge in [-0.05, 0) is 243 Å². The molecule has 0 radical (unpaired) electrons. The Kier molecular flexibility index (Phi) is 31.0. The zero-order valence-corrected chi connectivity index (χ0v) is 74.1. The van der Waals surface area contributed by atoms with Crippen molar-refractivity contribution in [2.24, 2.45) is 17.8 Å². The van der Waals surface area contributed by atoms with E-state index in [9.17, 15) is 0 Å². The maximum Gasteiger partial charge on any atom is 0.258 e. The summed E-state index contributed by atoms with van der Waals surface area (Å²) in [6.07, 6.45) is 17.9. The van der Waals surface area contributed by atoms with Crippen LogP contribution < -0.4 is 23.8 Å². The molecule has 25 nitrogen and oxygen atoms in total. The second-order valence-electron chi connectivity index (χ2n) is 33.5. The van der Waals surface area contributed by atoms with Crippen LogP contribution in [0.2, 0.25) is 0 Å². The van der Waals surface area contributed by atoms with Crippen molar-refractivity contribution in [3.05, 3.63) is 257 Å². The van der Waals surface area contributed by atoms with Crippen molar-refractivity contribution in [2.45, 2.75) is 145 Å². The van der Waals surface area contributed by atoms with E-state index in [1.165, 1.54) is 90.7 Å². The van der Waals surface area contributed by atoms with Crippen LogP contribution in [0.5, 0.6) is 23.0 Å². The summed E-state index contributed by atoms with van der Waals surface area (Å²) in [4.78, 5) is 40.2. The third-order valence-corrected chi connectivity index (χ3v) is 22.4. The Morgan fingerprint density at radius 2 is 0.904 bits per heavy atom. The molecule has 650 valence electrons. The average molecular weight is 1690 g/mol. The predicted molar refractivity (Wildman–Crippen MR) is 485 cm³/mol. The summed E-state index contributed by atoms with van der Waals surface area (Å²) in [6, 6.07) is 59.6. The molecule has 0 bridgehead atoms. The minimum absolute atomic E-state index is 0.0763. The van der Waals surface area contributed by atoms with Gasteiger partial charge in [0, 0.05) is 115 Å². The van der Waals surface area contributed by atoms with Crippen LogP contribution in [0.15, 0.2) is 223 Å². The summed E-state index contributed by atoms with van der Waals surface area (Å²) in [6.45, 7) is 30.1. The second kappa shape index (κ2) is 43.6. The molecular weight excluding hydrogens is 1570 g/mol. The van der Waals surface area contributed by atoms with Gasteiger partial charge in [-0.15, -0.1) is 0 Å². The quantitative estimate of drug-likeness (QED) is 0.0487. The molecule has 2 unspecified atom stereocenters. The first-order chi connectivity index (χ1) is 60.9. The van der Waals surface area contributed by atoms with Gasteiger partial charge >= 0.3 is 0 Å². The number of anilines is 1.